The highest BCUT2D eigenvalue weighted by Gasteiger charge is 2.42. The summed E-state index contributed by atoms with van der Waals surface area (Å²) in [6.45, 7) is 9.35. The maximum Gasteiger partial charge on any atom is 0.211 e. The molecule has 2 aliphatic rings. The van der Waals surface area contributed by atoms with Gasteiger partial charge in [-0.25, -0.2) is 13.1 Å². The molecule has 2 heterocycles. The van der Waals surface area contributed by atoms with E-state index in [-0.39, 0.29) is 5.75 Å². The summed E-state index contributed by atoms with van der Waals surface area (Å²) in [5.74, 6) is 1.06. The number of likely N-dealkylation sites (tertiary alicyclic amines) is 1. The predicted octanol–water partition coefficient (Wildman–Crippen LogP) is 0.394. The molecule has 1 spiro atoms. The van der Waals surface area contributed by atoms with Crippen LogP contribution in [-0.2, 0) is 14.8 Å². The second kappa shape index (κ2) is 8.30. The first-order chi connectivity index (χ1) is 11.0. The second-order valence-corrected chi connectivity index (χ2v) is 8.46. The van der Waals surface area contributed by atoms with Crippen LogP contribution in [0.3, 0.4) is 0 Å². The molecule has 2 rings (SSSR count). The van der Waals surface area contributed by atoms with Gasteiger partial charge >= 0.3 is 0 Å². The zero-order valence-electron chi connectivity index (χ0n) is 14.3. The molecule has 1 atom stereocenters. The van der Waals surface area contributed by atoms with Crippen LogP contribution in [0.1, 0.15) is 33.1 Å². The number of rotatable bonds is 7. The highest BCUT2D eigenvalue weighted by atomic mass is 32.2. The third-order valence-electron chi connectivity index (χ3n) is 4.56. The molecule has 2 aliphatic heterocycles. The summed E-state index contributed by atoms with van der Waals surface area (Å²) < 4.78 is 30.9. The van der Waals surface area contributed by atoms with Gasteiger partial charge in [0.15, 0.2) is 5.96 Å². The first-order valence-electron chi connectivity index (χ1n) is 8.58. The van der Waals surface area contributed by atoms with Crippen LogP contribution in [-0.4, -0.2) is 71.0 Å². The van der Waals surface area contributed by atoms with Crippen molar-refractivity contribution in [2.24, 2.45) is 10.4 Å². The smallest absolute Gasteiger partial charge is 0.211 e. The van der Waals surface area contributed by atoms with Gasteiger partial charge < -0.3 is 15.0 Å². The fourth-order valence-corrected chi connectivity index (χ4v) is 3.77. The standard InChI is InChI=1S/C15H30N4O3S/c1-3-16-14(17-8-5-9-18-23(20,21)4-2)19-10-6-15(12-19)7-11-22-13-15/h18H,3-13H2,1-2H3,(H,16,17). The van der Waals surface area contributed by atoms with Crippen molar-refractivity contribution < 1.29 is 13.2 Å². The van der Waals surface area contributed by atoms with E-state index in [9.17, 15) is 8.42 Å². The molecule has 23 heavy (non-hydrogen) atoms. The Kier molecular flexibility index (Phi) is 6.67. The number of ether oxygens (including phenoxy) is 1. The molecule has 0 amide bonds. The number of nitrogens with zero attached hydrogens (tertiary/aromatic N) is 2. The first-order valence-corrected chi connectivity index (χ1v) is 10.2. The number of aliphatic imine (C=N–C) groups is 1. The van der Waals surface area contributed by atoms with Crippen LogP contribution in [0.4, 0.5) is 0 Å². The van der Waals surface area contributed by atoms with Crippen molar-refractivity contribution in [3.8, 4) is 0 Å². The molecule has 2 N–H and O–H groups in total. The van der Waals surface area contributed by atoms with E-state index in [0.717, 1.165) is 51.6 Å². The highest BCUT2D eigenvalue weighted by Crippen LogP contribution is 2.38. The third kappa shape index (κ3) is 5.32. The summed E-state index contributed by atoms with van der Waals surface area (Å²) in [7, 11) is -3.10. The Labute approximate surface area is 139 Å². The SMILES string of the molecule is CCNC(=NCCCNS(=O)(=O)CC)N1CCC2(CCOC2)C1. The summed E-state index contributed by atoms with van der Waals surface area (Å²) in [5.41, 5.74) is 0.312. The second-order valence-electron chi connectivity index (χ2n) is 6.36. The Morgan fingerprint density at radius 2 is 2.17 bits per heavy atom. The van der Waals surface area contributed by atoms with Gasteiger partial charge in [0.25, 0.3) is 0 Å². The van der Waals surface area contributed by atoms with Gasteiger partial charge in [0, 0.05) is 44.7 Å². The zero-order valence-corrected chi connectivity index (χ0v) is 15.1. The van der Waals surface area contributed by atoms with Crippen LogP contribution in [0.2, 0.25) is 0 Å². The number of hydrogen-bond acceptors (Lipinski definition) is 4. The van der Waals surface area contributed by atoms with Crippen molar-refractivity contribution in [2.75, 3.05) is 51.7 Å². The molecule has 7 nitrogen and oxygen atoms in total. The largest absolute Gasteiger partial charge is 0.381 e. The minimum atomic E-state index is -3.10. The quantitative estimate of drug-likeness (QED) is 0.396. The van der Waals surface area contributed by atoms with Crippen molar-refractivity contribution in [1.29, 1.82) is 0 Å². The maximum atomic E-state index is 11.4. The number of sulfonamides is 1. The molecule has 0 radical (unpaired) electrons. The normalized spacial score (nSPS) is 25.5. The highest BCUT2D eigenvalue weighted by molar-refractivity contribution is 7.89. The van der Waals surface area contributed by atoms with E-state index in [4.69, 9.17) is 4.74 Å². The topological polar surface area (TPSA) is 83.0 Å². The van der Waals surface area contributed by atoms with Crippen LogP contribution < -0.4 is 10.0 Å². The summed E-state index contributed by atoms with van der Waals surface area (Å²) in [5, 5.41) is 3.35. The molecule has 0 aliphatic carbocycles. The molecular formula is C15H30N4O3S. The predicted molar refractivity (Wildman–Crippen MR) is 92.1 cm³/mol. The van der Waals surface area contributed by atoms with Crippen molar-refractivity contribution >= 4 is 16.0 Å². The lowest BCUT2D eigenvalue weighted by molar-refractivity contribution is 0.156. The Balaban J connectivity index is 1.81. The van der Waals surface area contributed by atoms with Crippen LogP contribution in [0, 0.1) is 5.41 Å². The Morgan fingerprint density at radius 1 is 1.35 bits per heavy atom. The Morgan fingerprint density at radius 3 is 2.83 bits per heavy atom. The molecular weight excluding hydrogens is 316 g/mol. The minimum Gasteiger partial charge on any atom is -0.381 e. The maximum absolute atomic E-state index is 11.4. The molecule has 8 heteroatoms. The van der Waals surface area contributed by atoms with E-state index in [1.165, 1.54) is 0 Å². The van der Waals surface area contributed by atoms with Gasteiger partial charge in [0.2, 0.25) is 10.0 Å². The Hall–Kier alpha value is -0.860. The molecule has 2 fully saturated rings. The van der Waals surface area contributed by atoms with Gasteiger partial charge in [-0.1, -0.05) is 0 Å². The van der Waals surface area contributed by atoms with Gasteiger partial charge in [-0.2, -0.15) is 0 Å². The van der Waals surface area contributed by atoms with Crippen LogP contribution in [0.25, 0.3) is 0 Å². The molecule has 1 unspecified atom stereocenters. The van der Waals surface area contributed by atoms with Crippen molar-refractivity contribution in [3.05, 3.63) is 0 Å². The van der Waals surface area contributed by atoms with Gasteiger partial charge in [0.1, 0.15) is 0 Å². The van der Waals surface area contributed by atoms with Crippen LogP contribution in [0.5, 0.6) is 0 Å². The zero-order chi connectivity index (χ0) is 16.8. The van der Waals surface area contributed by atoms with E-state index in [1.54, 1.807) is 6.92 Å². The van der Waals surface area contributed by atoms with Gasteiger partial charge in [-0.15, -0.1) is 0 Å². The average Bonchev–Trinajstić information content (AvgIpc) is 3.16. The Bertz CT molecular complexity index is 501. The summed E-state index contributed by atoms with van der Waals surface area (Å²) in [6, 6.07) is 0. The van der Waals surface area contributed by atoms with Crippen molar-refractivity contribution in [2.45, 2.75) is 33.1 Å². The lowest BCUT2D eigenvalue weighted by atomic mass is 9.87. The van der Waals surface area contributed by atoms with Crippen molar-refractivity contribution in [1.82, 2.24) is 14.9 Å². The molecule has 2 saturated heterocycles. The monoisotopic (exact) mass is 346 g/mol. The molecule has 0 aromatic rings. The molecule has 0 aromatic heterocycles. The lowest BCUT2D eigenvalue weighted by Crippen LogP contribution is -2.41. The fourth-order valence-electron chi connectivity index (χ4n) is 3.11. The van der Waals surface area contributed by atoms with E-state index >= 15 is 0 Å². The summed E-state index contributed by atoms with van der Waals surface area (Å²) in [6.07, 6.45) is 3.01. The molecule has 0 saturated carbocycles. The molecule has 134 valence electrons. The summed E-state index contributed by atoms with van der Waals surface area (Å²) >= 11 is 0. The van der Waals surface area contributed by atoms with Crippen LogP contribution in [0.15, 0.2) is 4.99 Å². The van der Waals surface area contributed by atoms with Gasteiger partial charge in [-0.05, 0) is 33.1 Å². The van der Waals surface area contributed by atoms with E-state index in [2.05, 4.69) is 26.9 Å². The molecule has 0 bridgehead atoms. The van der Waals surface area contributed by atoms with Gasteiger partial charge in [0.05, 0.1) is 12.4 Å². The molecule has 0 aromatic carbocycles. The van der Waals surface area contributed by atoms with E-state index in [1.807, 2.05) is 0 Å². The van der Waals surface area contributed by atoms with Crippen molar-refractivity contribution in [3.63, 3.8) is 0 Å². The van der Waals surface area contributed by atoms with Gasteiger partial charge in [-0.3, -0.25) is 4.99 Å². The fraction of sp³-hybridized carbons (Fsp3) is 0.933. The lowest BCUT2D eigenvalue weighted by Gasteiger charge is -2.25. The summed E-state index contributed by atoms with van der Waals surface area (Å²) in [4.78, 5) is 6.97. The number of nitrogens with one attached hydrogen (secondary N) is 2. The number of guanidine groups is 1. The van der Waals surface area contributed by atoms with E-state index < -0.39 is 10.0 Å². The average molecular weight is 346 g/mol. The third-order valence-corrected chi connectivity index (χ3v) is 5.96. The minimum absolute atomic E-state index is 0.122. The van der Waals surface area contributed by atoms with Crippen LogP contribution >= 0.6 is 0 Å². The van der Waals surface area contributed by atoms with E-state index in [0.29, 0.717) is 24.9 Å². The number of hydrogen-bond donors (Lipinski definition) is 2. The first kappa shape index (κ1) is 18.5.